The number of rotatable bonds is 1. The third-order valence-electron chi connectivity index (χ3n) is 3.92. The highest BCUT2D eigenvalue weighted by molar-refractivity contribution is 6.30. The average Bonchev–Trinajstić information content (AvgIpc) is 2.39. The van der Waals surface area contributed by atoms with Gasteiger partial charge in [0.05, 0.1) is 31.0 Å². The summed E-state index contributed by atoms with van der Waals surface area (Å²) in [7, 11) is 0. The van der Waals surface area contributed by atoms with Gasteiger partial charge in [-0.15, -0.1) is 0 Å². The predicted octanol–water partition coefficient (Wildman–Crippen LogP) is 2.50. The van der Waals surface area contributed by atoms with Crippen LogP contribution in [0, 0.1) is 0 Å². The molecule has 18 heavy (non-hydrogen) atoms. The Hall–Kier alpha value is -0.610. The van der Waals surface area contributed by atoms with Gasteiger partial charge in [0.25, 0.3) is 0 Å². The zero-order chi connectivity index (χ0) is 12.6. The number of fused-ring (bicyclic) bond motifs is 1. The summed E-state index contributed by atoms with van der Waals surface area (Å²) in [6, 6.07) is 7.43. The molecule has 0 radical (unpaired) electrons. The van der Waals surface area contributed by atoms with Gasteiger partial charge in [-0.3, -0.25) is 0 Å². The lowest BCUT2D eigenvalue weighted by Gasteiger charge is -2.43. The number of hydrogen-bond acceptors (Lipinski definition) is 3. The lowest BCUT2D eigenvalue weighted by Crippen LogP contribution is -2.48. The first kappa shape index (κ1) is 12.4. The van der Waals surface area contributed by atoms with Crippen LogP contribution in [0.1, 0.15) is 24.8 Å². The summed E-state index contributed by atoms with van der Waals surface area (Å²) < 4.78 is 11.4. The van der Waals surface area contributed by atoms with Crippen LogP contribution in [0.25, 0.3) is 0 Å². The van der Waals surface area contributed by atoms with Crippen molar-refractivity contribution in [2.75, 3.05) is 13.2 Å². The molecule has 0 aromatic heterocycles. The Labute approximate surface area is 112 Å². The van der Waals surface area contributed by atoms with Gasteiger partial charge in [0.15, 0.2) is 0 Å². The number of hydrogen-bond donors (Lipinski definition) is 1. The zero-order valence-corrected chi connectivity index (χ0v) is 10.9. The van der Waals surface area contributed by atoms with Gasteiger partial charge in [-0.05, 0) is 30.5 Å². The highest BCUT2D eigenvalue weighted by atomic mass is 35.5. The van der Waals surface area contributed by atoms with Gasteiger partial charge < -0.3 is 14.6 Å². The van der Waals surface area contributed by atoms with Crippen LogP contribution < -0.4 is 0 Å². The van der Waals surface area contributed by atoms with Crippen LogP contribution in [-0.4, -0.2) is 30.5 Å². The van der Waals surface area contributed by atoms with Crippen LogP contribution >= 0.6 is 11.6 Å². The fourth-order valence-corrected chi connectivity index (χ4v) is 3.04. The smallest absolute Gasteiger partial charge is 0.0923 e. The molecular weight excluding hydrogens is 252 g/mol. The molecule has 2 fully saturated rings. The highest BCUT2D eigenvalue weighted by Crippen LogP contribution is 2.40. The first-order valence-corrected chi connectivity index (χ1v) is 6.77. The molecular formula is C14H17ClO3. The Morgan fingerprint density at radius 2 is 1.78 bits per heavy atom. The minimum atomic E-state index is -0.813. The molecule has 1 N–H and O–H groups in total. The molecule has 1 heterocycles. The molecule has 1 saturated carbocycles. The van der Waals surface area contributed by atoms with Crippen molar-refractivity contribution in [3.8, 4) is 0 Å². The average molecular weight is 269 g/mol. The van der Waals surface area contributed by atoms with E-state index >= 15 is 0 Å². The van der Waals surface area contributed by atoms with E-state index in [-0.39, 0.29) is 12.2 Å². The molecule has 0 amide bonds. The van der Waals surface area contributed by atoms with Crippen molar-refractivity contribution >= 4 is 11.6 Å². The molecule has 3 nitrogen and oxygen atoms in total. The Morgan fingerprint density at radius 3 is 2.50 bits per heavy atom. The maximum atomic E-state index is 10.8. The molecule has 1 aliphatic heterocycles. The molecule has 2 aliphatic rings. The fourth-order valence-electron chi connectivity index (χ4n) is 2.91. The first-order chi connectivity index (χ1) is 8.67. The first-order valence-electron chi connectivity index (χ1n) is 6.39. The van der Waals surface area contributed by atoms with Crippen molar-refractivity contribution in [3.05, 3.63) is 34.9 Å². The monoisotopic (exact) mass is 268 g/mol. The lowest BCUT2D eigenvalue weighted by atomic mass is 9.77. The molecule has 0 bridgehead atoms. The van der Waals surface area contributed by atoms with Crippen LogP contribution in [0.15, 0.2) is 24.3 Å². The van der Waals surface area contributed by atoms with E-state index < -0.39 is 5.60 Å². The summed E-state index contributed by atoms with van der Waals surface area (Å²) in [5.74, 6) is 0. The predicted molar refractivity (Wildman–Crippen MR) is 68.7 cm³/mol. The second kappa shape index (κ2) is 4.82. The van der Waals surface area contributed by atoms with Crippen LogP contribution in [0.5, 0.6) is 0 Å². The zero-order valence-electron chi connectivity index (χ0n) is 10.1. The Balaban J connectivity index is 1.80. The maximum absolute atomic E-state index is 10.8. The Bertz CT molecular complexity index is 420. The van der Waals surface area contributed by atoms with E-state index in [0.717, 1.165) is 12.0 Å². The van der Waals surface area contributed by atoms with E-state index in [4.69, 9.17) is 21.1 Å². The summed E-state index contributed by atoms with van der Waals surface area (Å²) in [6.45, 7) is 1.29. The van der Waals surface area contributed by atoms with Gasteiger partial charge in [-0.25, -0.2) is 0 Å². The highest BCUT2D eigenvalue weighted by Gasteiger charge is 2.42. The van der Waals surface area contributed by atoms with Crippen molar-refractivity contribution in [2.24, 2.45) is 0 Å². The molecule has 0 spiro atoms. The molecule has 98 valence electrons. The third-order valence-corrected chi connectivity index (χ3v) is 4.18. The van der Waals surface area contributed by atoms with Gasteiger partial charge in [0.1, 0.15) is 0 Å². The molecule has 1 saturated heterocycles. The number of halogens is 1. The summed E-state index contributed by atoms with van der Waals surface area (Å²) in [5, 5.41) is 11.5. The van der Waals surface area contributed by atoms with Crippen LogP contribution in [-0.2, 0) is 15.1 Å². The van der Waals surface area contributed by atoms with E-state index in [9.17, 15) is 5.11 Å². The van der Waals surface area contributed by atoms with Gasteiger partial charge in [-0.2, -0.15) is 0 Å². The van der Waals surface area contributed by atoms with E-state index in [0.29, 0.717) is 31.1 Å². The van der Waals surface area contributed by atoms with Crippen molar-refractivity contribution in [1.82, 2.24) is 0 Å². The van der Waals surface area contributed by atoms with E-state index in [1.54, 1.807) is 0 Å². The number of ether oxygens (including phenoxy) is 2. The van der Waals surface area contributed by atoms with E-state index in [1.165, 1.54) is 0 Å². The molecule has 1 aromatic rings. The minimum Gasteiger partial charge on any atom is -0.385 e. The Kier molecular flexibility index (Phi) is 3.32. The van der Waals surface area contributed by atoms with Gasteiger partial charge in [0.2, 0.25) is 0 Å². The fraction of sp³-hybridized carbons (Fsp3) is 0.571. The summed E-state index contributed by atoms with van der Waals surface area (Å²) in [4.78, 5) is 0. The van der Waals surface area contributed by atoms with E-state index in [1.807, 2.05) is 24.3 Å². The van der Waals surface area contributed by atoms with Crippen molar-refractivity contribution < 1.29 is 14.6 Å². The second-order valence-electron chi connectivity index (χ2n) is 5.10. The quantitative estimate of drug-likeness (QED) is 0.851. The molecule has 3 atom stereocenters. The minimum absolute atomic E-state index is 0.00757. The van der Waals surface area contributed by atoms with Gasteiger partial charge in [0, 0.05) is 11.4 Å². The molecule has 1 aromatic carbocycles. The van der Waals surface area contributed by atoms with Crippen LogP contribution in [0.3, 0.4) is 0 Å². The largest absolute Gasteiger partial charge is 0.385 e. The van der Waals surface area contributed by atoms with Crippen molar-refractivity contribution in [2.45, 2.75) is 37.1 Å². The number of aliphatic hydroxyl groups is 1. The molecule has 1 aliphatic carbocycles. The van der Waals surface area contributed by atoms with Gasteiger partial charge in [-0.1, -0.05) is 23.7 Å². The Morgan fingerprint density at radius 1 is 1.11 bits per heavy atom. The maximum Gasteiger partial charge on any atom is 0.0923 e. The van der Waals surface area contributed by atoms with E-state index in [2.05, 4.69) is 0 Å². The topological polar surface area (TPSA) is 38.7 Å². The van der Waals surface area contributed by atoms with Crippen LogP contribution in [0.4, 0.5) is 0 Å². The summed E-state index contributed by atoms with van der Waals surface area (Å²) in [5.41, 5.74) is 0.103. The molecule has 3 unspecified atom stereocenters. The molecule has 4 heteroatoms. The SMILES string of the molecule is OC1(c2ccc(Cl)cc2)CCC2OCCOC2C1. The van der Waals surface area contributed by atoms with Crippen LogP contribution in [0.2, 0.25) is 5.02 Å². The number of benzene rings is 1. The van der Waals surface area contributed by atoms with Crippen molar-refractivity contribution in [3.63, 3.8) is 0 Å². The lowest BCUT2D eigenvalue weighted by molar-refractivity contribution is -0.190. The second-order valence-corrected chi connectivity index (χ2v) is 5.54. The third kappa shape index (κ3) is 2.28. The standard InChI is InChI=1S/C14H17ClO3/c15-11-3-1-10(2-4-11)14(16)6-5-12-13(9-14)18-8-7-17-12/h1-4,12-13,16H,5-9H2. The molecule has 3 rings (SSSR count). The van der Waals surface area contributed by atoms with Crippen molar-refractivity contribution in [1.29, 1.82) is 0 Å². The summed E-state index contributed by atoms with van der Waals surface area (Å²) in [6.07, 6.45) is 2.29. The normalized spacial score (nSPS) is 36.1. The summed E-state index contributed by atoms with van der Waals surface area (Å²) >= 11 is 5.88. The van der Waals surface area contributed by atoms with Gasteiger partial charge >= 0.3 is 0 Å².